The molecule has 0 N–H and O–H groups in total. The summed E-state index contributed by atoms with van der Waals surface area (Å²) >= 11 is 6.65. The quantitative estimate of drug-likeness (QED) is 0.392. The first-order chi connectivity index (χ1) is 19.7. The van der Waals surface area contributed by atoms with E-state index in [9.17, 15) is 14.0 Å². The Kier molecular flexibility index (Phi) is 8.58. The second-order valence-corrected chi connectivity index (χ2v) is 10.8. The number of nitrogens with zero attached hydrogens (tertiary/aromatic N) is 6. The minimum Gasteiger partial charge on any atom is -0.463 e. The first kappa shape index (κ1) is 28.6. The molecule has 2 aliphatic heterocycles. The van der Waals surface area contributed by atoms with Gasteiger partial charge in [-0.25, -0.2) is 4.39 Å². The molecule has 216 valence electrons. The van der Waals surface area contributed by atoms with Crippen molar-refractivity contribution in [1.82, 2.24) is 19.8 Å². The summed E-state index contributed by atoms with van der Waals surface area (Å²) in [7, 11) is 3.41. The fourth-order valence-corrected chi connectivity index (χ4v) is 5.69. The standard InChI is InChI=1S/C30H34ClFN6O3/c1-20(32)29(40)38-17-15-37(16-18-38)28-22-10-13-36(25-9-5-7-21-6-4-8-23(31)27(21)25)14-11-24(22)33-30(34-28)41-19-12-26(39)35(2)3/h4-9H,1,10-19H2,2-3H3. The molecule has 3 heterocycles. The zero-order valence-corrected chi connectivity index (χ0v) is 24.2. The lowest BCUT2D eigenvalue weighted by Crippen LogP contribution is -2.49. The maximum atomic E-state index is 13.5. The first-order valence-corrected chi connectivity index (χ1v) is 14.1. The van der Waals surface area contributed by atoms with Crippen LogP contribution in [0.5, 0.6) is 6.01 Å². The molecular formula is C30H34ClFN6O3. The van der Waals surface area contributed by atoms with Crippen LogP contribution in [0.4, 0.5) is 15.9 Å². The minimum absolute atomic E-state index is 0.0420. The Balaban J connectivity index is 1.42. The van der Waals surface area contributed by atoms with Gasteiger partial charge in [0.1, 0.15) is 12.4 Å². The van der Waals surface area contributed by atoms with Gasteiger partial charge in [-0.3, -0.25) is 9.59 Å². The number of aromatic nitrogens is 2. The van der Waals surface area contributed by atoms with Crippen LogP contribution in [0, 0.1) is 0 Å². The Hall–Kier alpha value is -3.92. The van der Waals surface area contributed by atoms with E-state index in [1.807, 2.05) is 18.2 Å². The van der Waals surface area contributed by atoms with E-state index < -0.39 is 11.7 Å². The zero-order valence-electron chi connectivity index (χ0n) is 23.4. The molecule has 0 radical (unpaired) electrons. The number of benzene rings is 2. The molecule has 0 aliphatic carbocycles. The van der Waals surface area contributed by atoms with Gasteiger partial charge in [0.05, 0.1) is 17.1 Å². The van der Waals surface area contributed by atoms with Gasteiger partial charge in [0.25, 0.3) is 5.91 Å². The first-order valence-electron chi connectivity index (χ1n) is 13.8. The van der Waals surface area contributed by atoms with E-state index >= 15 is 0 Å². The highest BCUT2D eigenvalue weighted by Crippen LogP contribution is 2.35. The fraction of sp³-hybridized carbons (Fsp3) is 0.400. The van der Waals surface area contributed by atoms with Crippen molar-refractivity contribution < 1.29 is 18.7 Å². The summed E-state index contributed by atoms with van der Waals surface area (Å²) in [6, 6.07) is 12.4. The third kappa shape index (κ3) is 6.22. The average molecular weight is 581 g/mol. The molecule has 0 saturated carbocycles. The topological polar surface area (TPSA) is 82.1 Å². The van der Waals surface area contributed by atoms with Crippen molar-refractivity contribution in [2.45, 2.75) is 19.3 Å². The number of carbonyl (C=O) groups excluding carboxylic acids is 2. The van der Waals surface area contributed by atoms with Crippen LogP contribution in [-0.2, 0) is 22.4 Å². The Morgan fingerprint density at radius 3 is 2.41 bits per heavy atom. The highest BCUT2D eigenvalue weighted by molar-refractivity contribution is 6.36. The van der Waals surface area contributed by atoms with Crippen molar-refractivity contribution in [2.24, 2.45) is 0 Å². The third-order valence-electron chi connectivity index (χ3n) is 7.62. The van der Waals surface area contributed by atoms with E-state index in [1.165, 1.54) is 9.80 Å². The summed E-state index contributed by atoms with van der Waals surface area (Å²) in [6.45, 7) is 6.47. The monoisotopic (exact) mass is 580 g/mol. The average Bonchev–Trinajstić information content (AvgIpc) is 3.19. The summed E-state index contributed by atoms with van der Waals surface area (Å²) in [5.74, 6) is -0.913. The minimum atomic E-state index is -0.953. The molecule has 0 bridgehead atoms. The molecule has 1 fully saturated rings. The molecule has 2 aliphatic rings. The molecule has 9 nitrogen and oxygen atoms in total. The van der Waals surface area contributed by atoms with Crippen LogP contribution in [0.2, 0.25) is 5.02 Å². The zero-order chi connectivity index (χ0) is 29.1. The maximum absolute atomic E-state index is 13.5. The van der Waals surface area contributed by atoms with Crippen LogP contribution < -0.4 is 14.5 Å². The summed E-state index contributed by atoms with van der Waals surface area (Å²) < 4.78 is 19.4. The van der Waals surface area contributed by atoms with Gasteiger partial charge in [-0.15, -0.1) is 0 Å². The normalized spacial score (nSPS) is 15.4. The number of hydrogen-bond donors (Lipinski definition) is 0. The number of rotatable bonds is 7. The van der Waals surface area contributed by atoms with E-state index in [4.69, 9.17) is 26.3 Å². The van der Waals surface area contributed by atoms with E-state index in [2.05, 4.69) is 34.6 Å². The molecule has 0 unspecified atom stereocenters. The van der Waals surface area contributed by atoms with Gasteiger partial charge >= 0.3 is 6.01 Å². The second kappa shape index (κ2) is 12.3. The highest BCUT2D eigenvalue weighted by atomic mass is 35.5. The Morgan fingerprint density at radius 2 is 1.71 bits per heavy atom. The Bertz CT molecular complexity index is 1470. The van der Waals surface area contributed by atoms with Crippen LogP contribution >= 0.6 is 11.6 Å². The summed E-state index contributed by atoms with van der Waals surface area (Å²) in [4.78, 5) is 41.2. The van der Waals surface area contributed by atoms with Crippen molar-refractivity contribution >= 4 is 45.7 Å². The number of fused-ring (bicyclic) bond motifs is 2. The SMILES string of the molecule is C=C(F)C(=O)N1CCN(c2nc(OCCC(=O)N(C)C)nc3c2CCN(c2cccc4cccc(Cl)c24)CC3)CC1. The van der Waals surface area contributed by atoms with Gasteiger partial charge in [0, 0.05) is 76.4 Å². The van der Waals surface area contributed by atoms with E-state index in [1.54, 1.807) is 14.1 Å². The molecule has 0 atom stereocenters. The molecule has 3 aromatic rings. The van der Waals surface area contributed by atoms with Crippen molar-refractivity contribution in [3.8, 4) is 6.01 Å². The number of amides is 2. The number of piperazine rings is 1. The predicted octanol–water partition coefficient (Wildman–Crippen LogP) is 3.88. The number of ether oxygens (including phenoxy) is 1. The largest absolute Gasteiger partial charge is 0.463 e. The molecule has 5 rings (SSSR count). The molecular weight excluding hydrogens is 547 g/mol. The lowest BCUT2D eigenvalue weighted by atomic mass is 10.1. The number of anilines is 2. The predicted molar refractivity (Wildman–Crippen MR) is 158 cm³/mol. The van der Waals surface area contributed by atoms with Crippen LogP contribution in [-0.4, -0.2) is 91.6 Å². The summed E-state index contributed by atoms with van der Waals surface area (Å²) in [6.07, 6.45) is 1.58. The van der Waals surface area contributed by atoms with Crippen LogP contribution in [0.25, 0.3) is 10.8 Å². The van der Waals surface area contributed by atoms with E-state index in [-0.39, 0.29) is 24.9 Å². The molecule has 41 heavy (non-hydrogen) atoms. The summed E-state index contributed by atoms with van der Waals surface area (Å²) in [5, 5.41) is 2.83. The summed E-state index contributed by atoms with van der Waals surface area (Å²) in [5.41, 5.74) is 3.01. The van der Waals surface area contributed by atoms with Gasteiger partial charge in [0.2, 0.25) is 5.91 Å². The fourth-order valence-electron chi connectivity index (χ4n) is 5.41. The molecule has 2 aromatic carbocycles. The number of carbonyl (C=O) groups is 2. The van der Waals surface area contributed by atoms with Gasteiger partial charge in [0.15, 0.2) is 5.83 Å². The Morgan fingerprint density at radius 1 is 1.00 bits per heavy atom. The van der Waals surface area contributed by atoms with Crippen molar-refractivity contribution in [3.63, 3.8) is 0 Å². The van der Waals surface area contributed by atoms with Crippen molar-refractivity contribution in [1.29, 1.82) is 0 Å². The van der Waals surface area contributed by atoms with Gasteiger partial charge in [-0.05, 0) is 23.9 Å². The molecule has 11 heteroatoms. The number of hydrogen-bond acceptors (Lipinski definition) is 7. The smallest absolute Gasteiger partial charge is 0.318 e. The lowest BCUT2D eigenvalue weighted by Gasteiger charge is -2.36. The van der Waals surface area contributed by atoms with Crippen LogP contribution in [0.1, 0.15) is 17.7 Å². The van der Waals surface area contributed by atoms with Crippen LogP contribution in [0.15, 0.2) is 48.8 Å². The lowest BCUT2D eigenvalue weighted by molar-refractivity contribution is -0.129. The molecule has 2 amide bonds. The second-order valence-electron chi connectivity index (χ2n) is 10.4. The van der Waals surface area contributed by atoms with E-state index in [0.717, 1.165) is 46.6 Å². The molecule has 0 spiro atoms. The van der Waals surface area contributed by atoms with E-state index in [0.29, 0.717) is 44.0 Å². The molecule has 1 saturated heterocycles. The Labute approximate surface area is 244 Å². The van der Waals surface area contributed by atoms with Crippen LogP contribution in [0.3, 0.4) is 0 Å². The molecule has 1 aromatic heterocycles. The van der Waals surface area contributed by atoms with Gasteiger partial charge in [-0.1, -0.05) is 42.4 Å². The van der Waals surface area contributed by atoms with Crippen molar-refractivity contribution in [3.05, 3.63) is 65.1 Å². The third-order valence-corrected chi connectivity index (χ3v) is 7.93. The van der Waals surface area contributed by atoms with Gasteiger partial charge < -0.3 is 24.3 Å². The van der Waals surface area contributed by atoms with Crippen molar-refractivity contribution in [2.75, 3.05) is 69.8 Å². The highest BCUT2D eigenvalue weighted by Gasteiger charge is 2.29. The van der Waals surface area contributed by atoms with Gasteiger partial charge in [-0.2, -0.15) is 9.97 Å². The number of halogens is 2. The maximum Gasteiger partial charge on any atom is 0.318 e.